The second kappa shape index (κ2) is 7.62. The van der Waals surface area contributed by atoms with Gasteiger partial charge in [0.1, 0.15) is 6.54 Å². The number of benzene rings is 2. The van der Waals surface area contributed by atoms with E-state index >= 15 is 0 Å². The van der Waals surface area contributed by atoms with E-state index in [0.29, 0.717) is 15.7 Å². The van der Waals surface area contributed by atoms with Gasteiger partial charge in [-0.15, -0.1) is 0 Å². The van der Waals surface area contributed by atoms with Crippen LogP contribution in [0.3, 0.4) is 0 Å². The Kier molecular flexibility index (Phi) is 5.16. The van der Waals surface area contributed by atoms with E-state index in [1.54, 1.807) is 24.3 Å². The van der Waals surface area contributed by atoms with Crippen LogP contribution in [0.5, 0.6) is 0 Å². The number of fused-ring (bicyclic) bond motifs is 1. The highest BCUT2D eigenvalue weighted by molar-refractivity contribution is 6.38. The maximum absolute atomic E-state index is 12.9. The fourth-order valence-corrected chi connectivity index (χ4v) is 3.75. The van der Waals surface area contributed by atoms with Crippen molar-refractivity contribution in [2.45, 2.75) is 12.1 Å². The molecule has 2 aromatic rings. The van der Waals surface area contributed by atoms with Gasteiger partial charge in [0, 0.05) is 15.7 Å². The maximum Gasteiger partial charge on any atom is 0.263 e. The highest BCUT2D eigenvalue weighted by Gasteiger charge is 2.55. The summed E-state index contributed by atoms with van der Waals surface area (Å²) < 4.78 is 0. The Morgan fingerprint density at radius 2 is 1.69 bits per heavy atom. The molecule has 0 aliphatic carbocycles. The summed E-state index contributed by atoms with van der Waals surface area (Å²) in [6, 6.07) is 8.96. The lowest BCUT2D eigenvalue weighted by Gasteiger charge is -2.20. The summed E-state index contributed by atoms with van der Waals surface area (Å²) in [6.45, 7) is -0.255. The molecule has 2 atom stereocenters. The molecule has 0 bridgehead atoms. The van der Waals surface area contributed by atoms with Crippen LogP contribution >= 0.6 is 34.8 Å². The van der Waals surface area contributed by atoms with Crippen molar-refractivity contribution < 1.29 is 14.4 Å². The molecule has 0 radical (unpaired) electrons. The fourth-order valence-electron chi connectivity index (χ4n) is 3.13. The van der Waals surface area contributed by atoms with E-state index in [2.05, 4.69) is 15.7 Å². The van der Waals surface area contributed by atoms with Crippen molar-refractivity contribution in [3.05, 3.63) is 57.5 Å². The van der Waals surface area contributed by atoms with Crippen LogP contribution < -0.4 is 10.2 Å². The van der Waals surface area contributed by atoms with E-state index in [9.17, 15) is 14.4 Å². The van der Waals surface area contributed by atoms with Crippen LogP contribution in [-0.4, -0.2) is 41.4 Å². The third-order valence-electron chi connectivity index (χ3n) is 4.44. The molecule has 0 aromatic heterocycles. The van der Waals surface area contributed by atoms with Gasteiger partial charge in [0.25, 0.3) is 11.8 Å². The minimum absolute atomic E-state index is 0.156. The van der Waals surface area contributed by atoms with Crippen molar-refractivity contribution in [1.29, 1.82) is 0 Å². The van der Waals surface area contributed by atoms with Gasteiger partial charge in [-0.25, -0.2) is 4.90 Å². The Morgan fingerprint density at radius 3 is 2.38 bits per heavy atom. The van der Waals surface area contributed by atoms with Crippen molar-refractivity contribution >= 4 is 63.9 Å². The van der Waals surface area contributed by atoms with Gasteiger partial charge in [-0.3, -0.25) is 19.4 Å². The molecule has 2 aliphatic heterocycles. The lowest BCUT2D eigenvalue weighted by molar-refractivity contribution is -0.123. The Balaban J connectivity index is 1.50. The summed E-state index contributed by atoms with van der Waals surface area (Å²) in [6.07, 6.45) is 0. The second-order valence-corrected chi connectivity index (χ2v) is 7.63. The quantitative estimate of drug-likeness (QED) is 0.717. The van der Waals surface area contributed by atoms with Crippen LogP contribution in [0, 0.1) is 0 Å². The molecule has 3 amide bonds. The van der Waals surface area contributed by atoms with E-state index < -0.39 is 29.8 Å². The molecule has 1 fully saturated rings. The smallest absolute Gasteiger partial charge is 0.263 e. The van der Waals surface area contributed by atoms with Gasteiger partial charge in [0.15, 0.2) is 12.1 Å². The predicted molar refractivity (Wildman–Crippen MR) is 108 cm³/mol. The summed E-state index contributed by atoms with van der Waals surface area (Å²) >= 11 is 17.8. The van der Waals surface area contributed by atoms with Gasteiger partial charge < -0.3 is 5.32 Å². The van der Waals surface area contributed by atoms with E-state index in [4.69, 9.17) is 34.8 Å². The third kappa shape index (κ3) is 3.66. The monoisotopic (exact) mass is 451 g/mol. The number of carbonyl (C=O) groups is 3. The lowest BCUT2D eigenvalue weighted by Crippen LogP contribution is -2.43. The number of amides is 3. The largest absolute Gasteiger partial charge is 0.324 e. The van der Waals surface area contributed by atoms with E-state index in [1.807, 2.05) is 0 Å². The lowest BCUT2D eigenvalue weighted by atomic mass is 10.1. The van der Waals surface area contributed by atoms with Crippen molar-refractivity contribution in [2.75, 3.05) is 16.8 Å². The van der Waals surface area contributed by atoms with E-state index in [0.717, 1.165) is 4.90 Å². The minimum Gasteiger partial charge on any atom is -0.324 e. The zero-order valence-corrected chi connectivity index (χ0v) is 16.8. The van der Waals surface area contributed by atoms with Gasteiger partial charge in [-0.05, 0) is 42.5 Å². The Hall–Kier alpha value is -2.68. The number of anilines is 2. The minimum atomic E-state index is -1.03. The van der Waals surface area contributed by atoms with Crippen LogP contribution in [0.4, 0.5) is 11.4 Å². The Bertz CT molecular complexity index is 1040. The first-order valence-electron chi connectivity index (χ1n) is 8.41. The normalized spacial score (nSPS) is 20.4. The van der Waals surface area contributed by atoms with Crippen LogP contribution in [0.1, 0.15) is 0 Å². The predicted octanol–water partition coefficient (Wildman–Crippen LogP) is 3.58. The molecule has 29 heavy (non-hydrogen) atoms. The molecule has 2 aromatic carbocycles. The average molecular weight is 453 g/mol. The van der Waals surface area contributed by atoms with Gasteiger partial charge in [0.2, 0.25) is 5.91 Å². The Labute approximate surface area is 180 Å². The number of imide groups is 1. The molecule has 8 nitrogen and oxygen atoms in total. The van der Waals surface area contributed by atoms with Crippen LogP contribution in [0.25, 0.3) is 0 Å². The number of hydrogen-bond acceptors (Lipinski definition) is 6. The standard InChI is InChI=1S/C18H12Cl3N5O3/c19-9-1-4-11(5-2-9)22-14(27)8-25-16-15(23-24-25)17(28)26(18(16)29)13-6-3-10(20)7-12(13)21/h1-7,15-16H,8H2,(H,22,27)/t15-,16-/m1/s1. The molecule has 2 heterocycles. The average Bonchev–Trinajstić information content (AvgIpc) is 3.18. The highest BCUT2D eigenvalue weighted by atomic mass is 35.5. The fraction of sp³-hybridized carbons (Fsp3) is 0.167. The summed E-state index contributed by atoms with van der Waals surface area (Å²) in [4.78, 5) is 38.9. The molecule has 0 unspecified atom stereocenters. The van der Waals surface area contributed by atoms with Gasteiger partial charge >= 0.3 is 0 Å². The van der Waals surface area contributed by atoms with Crippen LogP contribution in [-0.2, 0) is 14.4 Å². The van der Waals surface area contributed by atoms with Crippen LogP contribution in [0.15, 0.2) is 52.8 Å². The van der Waals surface area contributed by atoms with E-state index in [-0.39, 0.29) is 17.3 Å². The first-order chi connectivity index (χ1) is 13.8. The zero-order chi connectivity index (χ0) is 20.7. The molecule has 2 aliphatic rings. The van der Waals surface area contributed by atoms with Crippen molar-refractivity contribution in [3.8, 4) is 0 Å². The summed E-state index contributed by atoms with van der Waals surface area (Å²) in [5.74, 6) is -1.54. The van der Waals surface area contributed by atoms with Crippen molar-refractivity contribution in [1.82, 2.24) is 5.01 Å². The maximum atomic E-state index is 12.9. The SMILES string of the molecule is O=C(CN1N=N[C@H]2C(=O)N(c3ccc(Cl)cc3Cl)C(=O)[C@@H]21)Nc1ccc(Cl)cc1. The van der Waals surface area contributed by atoms with Gasteiger partial charge in [-0.2, -0.15) is 5.11 Å². The van der Waals surface area contributed by atoms with Crippen molar-refractivity contribution in [3.63, 3.8) is 0 Å². The summed E-state index contributed by atoms with van der Waals surface area (Å²) in [5, 5.41) is 12.6. The van der Waals surface area contributed by atoms with Gasteiger partial charge in [-0.1, -0.05) is 40.0 Å². The molecule has 1 N–H and O–H groups in total. The number of carbonyl (C=O) groups excluding carboxylic acids is 3. The van der Waals surface area contributed by atoms with Crippen molar-refractivity contribution in [2.24, 2.45) is 10.3 Å². The second-order valence-electron chi connectivity index (χ2n) is 6.35. The number of nitrogens with one attached hydrogen (secondary N) is 1. The van der Waals surface area contributed by atoms with Crippen LogP contribution in [0.2, 0.25) is 15.1 Å². The number of halogens is 3. The summed E-state index contributed by atoms with van der Waals surface area (Å²) in [5.41, 5.74) is 0.747. The molecule has 4 rings (SSSR count). The zero-order valence-electron chi connectivity index (χ0n) is 14.6. The summed E-state index contributed by atoms with van der Waals surface area (Å²) in [7, 11) is 0. The van der Waals surface area contributed by atoms with E-state index in [1.165, 1.54) is 23.2 Å². The van der Waals surface area contributed by atoms with Gasteiger partial charge in [0.05, 0.1) is 10.7 Å². The number of hydrogen-bond donors (Lipinski definition) is 1. The Morgan fingerprint density at radius 1 is 1.00 bits per heavy atom. The molecule has 11 heteroatoms. The molecule has 0 saturated carbocycles. The molecule has 148 valence electrons. The number of rotatable bonds is 4. The number of nitrogens with zero attached hydrogens (tertiary/aromatic N) is 4. The highest BCUT2D eigenvalue weighted by Crippen LogP contribution is 2.36. The third-order valence-corrected chi connectivity index (χ3v) is 5.23. The first-order valence-corrected chi connectivity index (χ1v) is 9.54. The molecule has 1 saturated heterocycles. The topological polar surface area (TPSA) is 94.4 Å². The molecular weight excluding hydrogens is 441 g/mol. The first kappa shape index (κ1) is 19.6. The molecular formula is C18H12Cl3N5O3. The molecule has 0 spiro atoms.